The minimum atomic E-state index is -3.66. The quantitative estimate of drug-likeness (QED) is 0.397. The van der Waals surface area contributed by atoms with E-state index < -0.39 is 27.7 Å². The Kier molecular flexibility index (Phi) is 5.63. The highest BCUT2D eigenvalue weighted by Crippen LogP contribution is 2.24. The van der Waals surface area contributed by atoms with Crippen LogP contribution >= 0.6 is 0 Å². The van der Waals surface area contributed by atoms with Crippen LogP contribution in [0.25, 0.3) is 11.4 Å². The summed E-state index contributed by atoms with van der Waals surface area (Å²) >= 11 is 0. The van der Waals surface area contributed by atoms with Crippen LogP contribution in [-0.2, 0) is 20.3 Å². The molecule has 3 aromatic heterocycles. The van der Waals surface area contributed by atoms with Gasteiger partial charge in [-0.3, -0.25) is 4.98 Å². The van der Waals surface area contributed by atoms with Crippen LogP contribution in [0.4, 0.5) is 0 Å². The molecule has 0 bridgehead atoms. The number of esters is 1. The standard InChI is InChI=1S/C21H17N3O6S/c1-14(20-23-19(24-30-20)15-6-5-10-22-12-15)29-21(25)18-16(9-11-28-18)13-31(26,27)17-7-3-2-4-8-17/h2-12,14H,13H2,1H3. The molecular weight excluding hydrogens is 422 g/mol. The molecule has 0 fully saturated rings. The van der Waals surface area contributed by atoms with E-state index in [9.17, 15) is 13.2 Å². The molecule has 0 radical (unpaired) electrons. The summed E-state index contributed by atoms with van der Waals surface area (Å²) in [5.41, 5.74) is 0.845. The number of pyridine rings is 1. The number of hydrogen-bond acceptors (Lipinski definition) is 9. The van der Waals surface area contributed by atoms with Crippen LogP contribution < -0.4 is 0 Å². The molecule has 0 saturated heterocycles. The number of carbonyl (C=O) groups excluding carboxylic acids is 1. The molecule has 158 valence electrons. The fourth-order valence-corrected chi connectivity index (χ4v) is 4.20. The molecule has 1 unspecified atom stereocenters. The molecule has 4 rings (SSSR count). The van der Waals surface area contributed by atoms with Crippen molar-refractivity contribution in [1.29, 1.82) is 0 Å². The van der Waals surface area contributed by atoms with Gasteiger partial charge in [0.25, 0.3) is 5.89 Å². The van der Waals surface area contributed by atoms with Crippen molar-refractivity contribution in [3.63, 3.8) is 0 Å². The van der Waals surface area contributed by atoms with Crippen LogP contribution in [0.15, 0.2) is 81.0 Å². The van der Waals surface area contributed by atoms with Crippen molar-refractivity contribution in [2.75, 3.05) is 0 Å². The van der Waals surface area contributed by atoms with Gasteiger partial charge >= 0.3 is 5.97 Å². The van der Waals surface area contributed by atoms with Crippen LogP contribution in [0.3, 0.4) is 0 Å². The van der Waals surface area contributed by atoms with Crippen LogP contribution in [0.2, 0.25) is 0 Å². The van der Waals surface area contributed by atoms with Gasteiger partial charge in [-0.05, 0) is 37.3 Å². The molecule has 3 heterocycles. The van der Waals surface area contributed by atoms with Crippen LogP contribution in [0, 0.1) is 0 Å². The SMILES string of the molecule is CC(OC(=O)c1occc1CS(=O)(=O)c1ccccc1)c1nc(-c2cccnc2)no1. The lowest BCUT2D eigenvalue weighted by Crippen LogP contribution is -2.12. The predicted molar refractivity (Wildman–Crippen MR) is 107 cm³/mol. The van der Waals surface area contributed by atoms with Gasteiger partial charge in [0, 0.05) is 23.5 Å². The van der Waals surface area contributed by atoms with Gasteiger partial charge in [-0.15, -0.1) is 0 Å². The number of nitrogens with zero attached hydrogens (tertiary/aromatic N) is 3. The molecule has 0 aliphatic rings. The maximum atomic E-state index is 12.6. The molecule has 1 atom stereocenters. The van der Waals surface area contributed by atoms with Crippen molar-refractivity contribution in [2.45, 2.75) is 23.7 Å². The Bertz CT molecular complexity index is 1280. The van der Waals surface area contributed by atoms with Crippen LogP contribution in [-0.4, -0.2) is 29.5 Å². The van der Waals surface area contributed by atoms with E-state index in [0.29, 0.717) is 11.4 Å². The number of ether oxygens (including phenoxy) is 1. The van der Waals surface area contributed by atoms with Gasteiger partial charge in [-0.25, -0.2) is 13.2 Å². The molecule has 0 spiro atoms. The van der Waals surface area contributed by atoms with Crippen molar-refractivity contribution in [3.05, 3.63) is 84.4 Å². The Morgan fingerprint density at radius 3 is 2.68 bits per heavy atom. The zero-order chi connectivity index (χ0) is 21.8. The summed E-state index contributed by atoms with van der Waals surface area (Å²) in [7, 11) is -3.66. The third-order valence-corrected chi connectivity index (χ3v) is 6.05. The number of sulfone groups is 1. The molecule has 9 nitrogen and oxygen atoms in total. The molecule has 0 aliphatic heterocycles. The second-order valence-corrected chi connectivity index (χ2v) is 8.58. The predicted octanol–water partition coefficient (Wildman–Crippen LogP) is 3.62. The molecule has 0 aliphatic carbocycles. The summed E-state index contributed by atoms with van der Waals surface area (Å²) in [4.78, 5) is 21.0. The maximum absolute atomic E-state index is 12.6. The third-order valence-electron chi connectivity index (χ3n) is 4.37. The number of carbonyl (C=O) groups is 1. The summed E-state index contributed by atoms with van der Waals surface area (Å²) < 4.78 is 41.0. The van der Waals surface area contributed by atoms with Crippen LogP contribution in [0.1, 0.15) is 35.0 Å². The van der Waals surface area contributed by atoms with Gasteiger partial charge in [0.2, 0.25) is 11.6 Å². The molecule has 10 heteroatoms. The lowest BCUT2D eigenvalue weighted by Gasteiger charge is -2.09. The van der Waals surface area contributed by atoms with Gasteiger partial charge in [0.15, 0.2) is 15.9 Å². The molecule has 0 N–H and O–H groups in total. The Hall–Kier alpha value is -3.79. The summed E-state index contributed by atoms with van der Waals surface area (Å²) in [5, 5.41) is 3.86. The minimum absolute atomic E-state index is 0.0808. The Morgan fingerprint density at radius 2 is 1.94 bits per heavy atom. The maximum Gasteiger partial charge on any atom is 0.375 e. The first kappa shape index (κ1) is 20.5. The number of hydrogen-bond donors (Lipinski definition) is 0. The summed E-state index contributed by atoms with van der Waals surface area (Å²) in [6.45, 7) is 1.56. The highest BCUT2D eigenvalue weighted by molar-refractivity contribution is 7.90. The number of aromatic nitrogens is 3. The van der Waals surface area contributed by atoms with Crippen molar-refractivity contribution in [2.24, 2.45) is 0 Å². The highest BCUT2D eigenvalue weighted by Gasteiger charge is 2.26. The van der Waals surface area contributed by atoms with Crippen molar-refractivity contribution in [3.8, 4) is 11.4 Å². The van der Waals surface area contributed by atoms with Crippen molar-refractivity contribution in [1.82, 2.24) is 15.1 Å². The van der Waals surface area contributed by atoms with E-state index >= 15 is 0 Å². The van der Waals surface area contributed by atoms with E-state index in [1.54, 1.807) is 49.6 Å². The van der Waals surface area contributed by atoms with E-state index in [4.69, 9.17) is 13.7 Å². The lowest BCUT2D eigenvalue weighted by molar-refractivity contribution is 0.0229. The van der Waals surface area contributed by atoms with E-state index in [0.717, 1.165) is 0 Å². The van der Waals surface area contributed by atoms with Gasteiger partial charge in [-0.1, -0.05) is 23.4 Å². The van der Waals surface area contributed by atoms with E-state index in [2.05, 4.69) is 15.1 Å². The molecule has 0 amide bonds. The summed E-state index contributed by atoms with van der Waals surface area (Å²) in [5.74, 6) is -1.05. The summed E-state index contributed by atoms with van der Waals surface area (Å²) in [6.07, 6.45) is 3.56. The number of furan rings is 1. The first-order valence-electron chi connectivity index (χ1n) is 9.23. The summed E-state index contributed by atoms with van der Waals surface area (Å²) in [6, 6.07) is 12.9. The van der Waals surface area contributed by atoms with Gasteiger partial charge in [0.05, 0.1) is 16.9 Å². The number of benzene rings is 1. The van der Waals surface area contributed by atoms with E-state index in [-0.39, 0.29) is 22.1 Å². The fraction of sp³-hybridized carbons (Fsp3) is 0.143. The molecule has 4 aromatic rings. The Balaban J connectivity index is 1.48. The zero-order valence-corrected chi connectivity index (χ0v) is 17.2. The minimum Gasteiger partial charge on any atom is -0.457 e. The second kappa shape index (κ2) is 8.52. The average Bonchev–Trinajstić information content (AvgIpc) is 3.45. The second-order valence-electron chi connectivity index (χ2n) is 6.59. The topological polar surface area (TPSA) is 125 Å². The van der Waals surface area contributed by atoms with E-state index in [1.165, 1.54) is 24.5 Å². The largest absolute Gasteiger partial charge is 0.457 e. The third kappa shape index (κ3) is 4.53. The highest BCUT2D eigenvalue weighted by atomic mass is 32.2. The van der Waals surface area contributed by atoms with Gasteiger partial charge in [0.1, 0.15) is 0 Å². The molecule has 0 saturated carbocycles. The smallest absolute Gasteiger partial charge is 0.375 e. The average molecular weight is 439 g/mol. The first-order valence-corrected chi connectivity index (χ1v) is 10.9. The first-order chi connectivity index (χ1) is 14.9. The van der Waals surface area contributed by atoms with E-state index in [1.807, 2.05) is 0 Å². The fourth-order valence-electron chi connectivity index (χ4n) is 2.82. The Morgan fingerprint density at radius 1 is 1.13 bits per heavy atom. The van der Waals surface area contributed by atoms with Crippen LogP contribution in [0.5, 0.6) is 0 Å². The van der Waals surface area contributed by atoms with Gasteiger partial charge < -0.3 is 13.7 Å². The lowest BCUT2D eigenvalue weighted by atomic mass is 10.3. The monoisotopic (exact) mass is 439 g/mol. The molecular formula is C21H17N3O6S. The van der Waals surface area contributed by atoms with Crippen molar-refractivity contribution < 1.29 is 26.9 Å². The zero-order valence-electron chi connectivity index (χ0n) is 16.3. The van der Waals surface area contributed by atoms with Crippen molar-refractivity contribution >= 4 is 15.8 Å². The molecule has 31 heavy (non-hydrogen) atoms. The normalized spacial score (nSPS) is 12.4. The Labute approximate surface area is 177 Å². The molecule has 1 aromatic carbocycles. The van der Waals surface area contributed by atoms with Gasteiger partial charge in [-0.2, -0.15) is 4.98 Å². The number of rotatable bonds is 7.